The van der Waals surface area contributed by atoms with Crippen LogP contribution >= 0.6 is 0 Å². The molecule has 3 rings (SSSR count). The number of nitrogens with zero attached hydrogens (tertiary/aromatic N) is 3. The summed E-state index contributed by atoms with van der Waals surface area (Å²) in [5, 5.41) is 46.3. The van der Waals surface area contributed by atoms with Gasteiger partial charge in [-0.05, 0) is 54.6 Å². The van der Waals surface area contributed by atoms with Crippen LogP contribution in [0.5, 0.6) is 0 Å². The van der Waals surface area contributed by atoms with Crippen LogP contribution in [0.4, 0.5) is 22.7 Å². The molecule has 9 N–H and O–H groups in total. The molecule has 0 saturated heterocycles. The Hall–Kier alpha value is -3.78. The van der Waals surface area contributed by atoms with Gasteiger partial charge < -0.3 is 42.1 Å². The van der Waals surface area contributed by atoms with Crippen molar-refractivity contribution in [3.05, 3.63) is 72.1 Å². The van der Waals surface area contributed by atoms with Gasteiger partial charge in [0.2, 0.25) is 5.78 Å². The first kappa shape index (κ1) is 32.7. The van der Waals surface area contributed by atoms with E-state index in [1.54, 1.807) is 6.08 Å². The molecule has 0 saturated carbocycles. The van der Waals surface area contributed by atoms with E-state index in [9.17, 15) is 4.79 Å². The lowest BCUT2D eigenvalue weighted by molar-refractivity contribution is -0.111. The number of aliphatic imine (C=N–C) groups is 1. The summed E-state index contributed by atoms with van der Waals surface area (Å²) in [6.45, 7) is 4.95. The number of allylic oxidation sites excluding steroid dienone is 2. The SMILES string of the molecule is NC1=CC(=O)C(Nc2ccc(NCCN(CCO)CCO)cc2)=CC1=Nc1ccc(NCCN(CCO)CCO)cc1. The molecular formula is C30H43N7O5. The zero-order valence-electron chi connectivity index (χ0n) is 23.9. The Morgan fingerprint density at radius 3 is 1.57 bits per heavy atom. The lowest BCUT2D eigenvalue weighted by atomic mass is 10.1. The summed E-state index contributed by atoms with van der Waals surface area (Å²) in [6.07, 6.45) is 3.01. The number of aliphatic hydroxyl groups excluding tert-OH is 4. The van der Waals surface area contributed by atoms with E-state index in [2.05, 4.69) is 20.9 Å². The molecule has 228 valence electrons. The maximum atomic E-state index is 12.6. The standard InChI is InChI=1S/C30H43N7O5/c31-27-21-30(42)29(35-26-7-3-24(4-8-26)33-10-12-37(15-19-40)16-20-41)22-28(27)34-25-5-1-23(2-6-25)32-9-11-36(13-17-38)14-18-39/h1-8,21-22,32-33,35,38-41H,9-20,31H2. The number of benzene rings is 2. The first-order chi connectivity index (χ1) is 20.4. The van der Waals surface area contributed by atoms with Crippen molar-refractivity contribution in [3.8, 4) is 0 Å². The Balaban J connectivity index is 1.57. The summed E-state index contributed by atoms with van der Waals surface area (Å²) in [6, 6.07) is 15.1. The Labute approximate surface area is 246 Å². The van der Waals surface area contributed by atoms with Crippen LogP contribution in [0.15, 0.2) is 77.1 Å². The maximum absolute atomic E-state index is 12.6. The van der Waals surface area contributed by atoms with Crippen LogP contribution in [0.1, 0.15) is 0 Å². The Morgan fingerprint density at radius 2 is 1.10 bits per heavy atom. The molecule has 2 aromatic rings. The summed E-state index contributed by atoms with van der Waals surface area (Å²) >= 11 is 0. The number of carbonyl (C=O) groups is 1. The van der Waals surface area contributed by atoms with E-state index < -0.39 is 0 Å². The zero-order chi connectivity index (χ0) is 30.2. The topological polar surface area (TPSA) is 179 Å². The monoisotopic (exact) mass is 581 g/mol. The molecular weight excluding hydrogens is 538 g/mol. The molecule has 0 radical (unpaired) electrons. The van der Waals surface area contributed by atoms with Gasteiger partial charge in [-0.3, -0.25) is 14.6 Å². The molecule has 0 amide bonds. The number of carbonyl (C=O) groups excluding carboxylic acids is 1. The van der Waals surface area contributed by atoms with Gasteiger partial charge in [-0.15, -0.1) is 0 Å². The maximum Gasteiger partial charge on any atom is 0.204 e. The largest absolute Gasteiger partial charge is 0.397 e. The highest BCUT2D eigenvalue weighted by Gasteiger charge is 2.17. The van der Waals surface area contributed by atoms with Crippen molar-refractivity contribution in [3.63, 3.8) is 0 Å². The third kappa shape index (κ3) is 10.9. The van der Waals surface area contributed by atoms with Crippen LogP contribution in [-0.4, -0.2) is 121 Å². The third-order valence-electron chi connectivity index (χ3n) is 6.59. The van der Waals surface area contributed by atoms with Crippen molar-refractivity contribution < 1.29 is 25.2 Å². The van der Waals surface area contributed by atoms with Crippen molar-refractivity contribution in [1.82, 2.24) is 9.80 Å². The molecule has 0 unspecified atom stereocenters. The molecule has 42 heavy (non-hydrogen) atoms. The number of nitrogens with two attached hydrogens (primary N) is 1. The second-order valence-electron chi connectivity index (χ2n) is 9.70. The number of anilines is 3. The van der Waals surface area contributed by atoms with Crippen molar-refractivity contribution in [1.29, 1.82) is 0 Å². The zero-order valence-corrected chi connectivity index (χ0v) is 23.9. The van der Waals surface area contributed by atoms with E-state index in [1.165, 1.54) is 6.08 Å². The fourth-order valence-electron chi connectivity index (χ4n) is 4.35. The van der Waals surface area contributed by atoms with Crippen LogP contribution in [0.3, 0.4) is 0 Å². The Bertz CT molecular complexity index is 1190. The smallest absolute Gasteiger partial charge is 0.204 e. The van der Waals surface area contributed by atoms with E-state index in [4.69, 9.17) is 26.2 Å². The van der Waals surface area contributed by atoms with E-state index in [0.717, 1.165) is 17.1 Å². The van der Waals surface area contributed by atoms with E-state index >= 15 is 0 Å². The van der Waals surface area contributed by atoms with E-state index in [0.29, 0.717) is 69.5 Å². The third-order valence-corrected chi connectivity index (χ3v) is 6.59. The molecule has 12 nitrogen and oxygen atoms in total. The second kappa shape index (κ2) is 17.9. The number of ketones is 1. The molecule has 0 aromatic heterocycles. The van der Waals surface area contributed by atoms with Crippen molar-refractivity contribution in [2.75, 3.05) is 94.7 Å². The molecule has 12 heteroatoms. The summed E-state index contributed by atoms with van der Waals surface area (Å²) in [5.74, 6) is -0.238. The highest BCUT2D eigenvalue weighted by atomic mass is 16.3. The minimum atomic E-state index is -0.238. The lowest BCUT2D eigenvalue weighted by Gasteiger charge is -2.20. The van der Waals surface area contributed by atoms with Gasteiger partial charge in [0.1, 0.15) is 0 Å². The molecule has 0 atom stereocenters. The first-order valence-corrected chi connectivity index (χ1v) is 14.1. The summed E-state index contributed by atoms with van der Waals surface area (Å²) in [4.78, 5) is 21.2. The van der Waals surface area contributed by atoms with Gasteiger partial charge in [0.15, 0.2) is 0 Å². The molecule has 0 bridgehead atoms. The summed E-state index contributed by atoms with van der Waals surface area (Å²) < 4.78 is 0. The molecule has 2 aromatic carbocycles. The Kier molecular flexibility index (Phi) is 14.0. The molecule has 0 fully saturated rings. The number of hydrogen-bond acceptors (Lipinski definition) is 12. The van der Waals surface area contributed by atoms with E-state index in [-0.39, 0.29) is 37.9 Å². The normalized spacial score (nSPS) is 14.3. The fourth-order valence-corrected chi connectivity index (χ4v) is 4.35. The highest BCUT2D eigenvalue weighted by molar-refractivity contribution is 6.23. The molecule has 1 aliphatic rings. The molecule has 0 heterocycles. The summed E-state index contributed by atoms with van der Waals surface area (Å²) in [5.41, 5.74) is 10.5. The van der Waals surface area contributed by atoms with Crippen LogP contribution in [0.25, 0.3) is 0 Å². The van der Waals surface area contributed by atoms with Crippen molar-refractivity contribution >= 4 is 34.2 Å². The van der Waals surface area contributed by atoms with Gasteiger partial charge in [0.05, 0.1) is 49.2 Å². The van der Waals surface area contributed by atoms with Gasteiger partial charge in [0.25, 0.3) is 0 Å². The van der Waals surface area contributed by atoms with Crippen LogP contribution in [0, 0.1) is 0 Å². The van der Waals surface area contributed by atoms with Crippen LogP contribution < -0.4 is 21.7 Å². The lowest BCUT2D eigenvalue weighted by Crippen LogP contribution is -2.34. The number of hydrogen-bond donors (Lipinski definition) is 8. The Morgan fingerprint density at radius 1 is 0.643 bits per heavy atom. The number of rotatable bonds is 19. The van der Waals surface area contributed by atoms with Gasteiger partial charge >= 0.3 is 0 Å². The van der Waals surface area contributed by atoms with Gasteiger partial charge in [0, 0.05) is 75.5 Å². The quantitative estimate of drug-likeness (QED) is 0.109. The van der Waals surface area contributed by atoms with E-state index in [1.807, 2.05) is 58.3 Å². The molecule has 0 aliphatic heterocycles. The second-order valence-corrected chi connectivity index (χ2v) is 9.70. The van der Waals surface area contributed by atoms with Crippen LogP contribution in [-0.2, 0) is 4.79 Å². The highest BCUT2D eigenvalue weighted by Crippen LogP contribution is 2.21. The number of nitrogens with one attached hydrogen (secondary N) is 3. The van der Waals surface area contributed by atoms with Gasteiger partial charge in [-0.1, -0.05) is 0 Å². The predicted molar refractivity (Wildman–Crippen MR) is 167 cm³/mol. The van der Waals surface area contributed by atoms with Crippen LogP contribution in [0.2, 0.25) is 0 Å². The average molecular weight is 582 g/mol. The summed E-state index contributed by atoms with van der Waals surface area (Å²) in [7, 11) is 0. The minimum Gasteiger partial charge on any atom is -0.397 e. The van der Waals surface area contributed by atoms with Crippen molar-refractivity contribution in [2.24, 2.45) is 10.7 Å². The minimum absolute atomic E-state index is 0.0472. The van der Waals surface area contributed by atoms with Gasteiger partial charge in [-0.25, -0.2) is 4.99 Å². The van der Waals surface area contributed by atoms with Crippen molar-refractivity contribution in [2.45, 2.75) is 0 Å². The average Bonchev–Trinajstić information content (AvgIpc) is 2.98. The fraction of sp³-hybridized carbons (Fsp3) is 0.400. The van der Waals surface area contributed by atoms with Gasteiger partial charge in [-0.2, -0.15) is 0 Å². The molecule has 1 aliphatic carbocycles. The predicted octanol–water partition coefficient (Wildman–Crippen LogP) is 0.577. The molecule has 0 spiro atoms. The first-order valence-electron chi connectivity index (χ1n) is 14.1. The number of aliphatic hydroxyl groups is 4.